The molecule has 0 spiro atoms. The van der Waals surface area contributed by atoms with Crippen molar-refractivity contribution >= 4 is 20.9 Å². The Labute approximate surface area is 123 Å². The molecule has 3 rings (SSSR count). The maximum atomic E-state index is 12.7. The van der Waals surface area contributed by atoms with Crippen molar-refractivity contribution in [3.05, 3.63) is 40.2 Å². The van der Waals surface area contributed by atoms with Crippen molar-refractivity contribution in [2.75, 3.05) is 13.1 Å². The van der Waals surface area contributed by atoms with Gasteiger partial charge in [0, 0.05) is 30.1 Å². The van der Waals surface area contributed by atoms with E-state index in [-0.39, 0.29) is 5.56 Å². The van der Waals surface area contributed by atoms with Crippen molar-refractivity contribution in [1.29, 1.82) is 0 Å². The summed E-state index contributed by atoms with van der Waals surface area (Å²) in [6.07, 6.45) is 2.92. The van der Waals surface area contributed by atoms with Gasteiger partial charge in [0.1, 0.15) is 0 Å². The van der Waals surface area contributed by atoms with Crippen molar-refractivity contribution in [2.24, 2.45) is 0 Å². The van der Waals surface area contributed by atoms with Gasteiger partial charge in [-0.3, -0.25) is 4.79 Å². The summed E-state index contributed by atoms with van der Waals surface area (Å²) in [7, 11) is -3.44. The summed E-state index contributed by atoms with van der Waals surface area (Å²) < 4.78 is 26.9. The molecule has 2 aromatic rings. The summed E-state index contributed by atoms with van der Waals surface area (Å²) in [5.41, 5.74) is 1.27. The monoisotopic (exact) mass is 306 g/mol. The molecule has 1 N–H and O–H groups in total. The first-order valence-electron chi connectivity index (χ1n) is 7.12. The highest BCUT2D eigenvalue weighted by atomic mass is 32.2. The van der Waals surface area contributed by atoms with Crippen LogP contribution in [0.15, 0.2) is 34.0 Å². The summed E-state index contributed by atoms with van der Waals surface area (Å²) in [4.78, 5) is 14.5. The lowest BCUT2D eigenvalue weighted by atomic mass is 10.1. The van der Waals surface area contributed by atoms with E-state index in [1.807, 2.05) is 6.92 Å². The Bertz CT molecular complexity index is 834. The Morgan fingerprint density at radius 1 is 1.10 bits per heavy atom. The fourth-order valence-electron chi connectivity index (χ4n) is 2.82. The predicted octanol–water partition coefficient (Wildman–Crippen LogP) is 2.01. The number of rotatable bonds is 2. The van der Waals surface area contributed by atoms with Crippen LogP contribution in [-0.2, 0) is 10.0 Å². The number of sulfonamides is 1. The number of H-pyrrole nitrogens is 1. The highest BCUT2D eigenvalue weighted by molar-refractivity contribution is 7.89. The lowest BCUT2D eigenvalue weighted by Gasteiger charge is -2.26. The Morgan fingerprint density at radius 3 is 2.52 bits per heavy atom. The fourth-order valence-corrected chi connectivity index (χ4v) is 4.36. The molecule has 0 saturated carbocycles. The van der Waals surface area contributed by atoms with Crippen LogP contribution in [0.5, 0.6) is 0 Å². The van der Waals surface area contributed by atoms with Crippen molar-refractivity contribution in [3.8, 4) is 0 Å². The molecule has 0 aliphatic carbocycles. The second kappa shape index (κ2) is 5.27. The highest BCUT2D eigenvalue weighted by Gasteiger charge is 2.26. The van der Waals surface area contributed by atoms with Crippen LogP contribution in [0.4, 0.5) is 0 Å². The number of nitrogens with one attached hydrogen (secondary N) is 1. The van der Waals surface area contributed by atoms with E-state index in [1.54, 1.807) is 22.5 Å². The molecule has 0 bridgehead atoms. The van der Waals surface area contributed by atoms with Gasteiger partial charge >= 0.3 is 0 Å². The zero-order valence-corrected chi connectivity index (χ0v) is 12.7. The van der Waals surface area contributed by atoms with Crippen LogP contribution >= 0.6 is 0 Å². The second-order valence-electron chi connectivity index (χ2n) is 5.49. The number of pyridine rings is 1. The number of benzene rings is 1. The van der Waals surface area contributed by atoms with E-state index < -0.39 is 10.0 Å². The number of hydrogen-bond donors (Lipinski definition) is 1. The van der Waals surface area contributed by atoms with Crippen molar-refractivity contribution in [1.82, 2.24) is 9.29 Å². The van der Waals surface area contributed by atoms with Crippen LogP contribution in [-0.4, -0.2) is 30.8 Å². The molecular weight excluding hydrogens is 288 g/mol. The normalized spacial score (nSPS) is 17.2. The number of aryl methyl sites for hydroxylation is 1. The third-order valence-electron chi connectivity index (χ3n) is 3.97. The molecule has 112 valence electrons. The van der Waals surface area contributed by atoms with Crippen molar-refractivity contribution in [2.45, 2.75) is 31.1 Å². The third kappa shape index (κ3) is 2.61. The zero-order chi connectivity index (χ0) is 15.0. The van der Waals surface area contributed by atoms with E-state index in [0.29, 0.717) is 23.5 Å². The maximum Gasteiger partial charge on any atom is 0.248 e. The first kappa shape index (κ1) is 14.3. The third-order valence-corrected chi connectivity index (χ3v) is 5.87. The number of fused-ring (bicyclic) bond motifs is 1. The first-order chi connectivity index (χ1) is 9.98. The minimum atomic E-state index is -3.44. The Morgan fingerprint density at radius 2 is 1.81 bits per heavy atom. The largest absolute Gasteiger partial charge is 0.322 e. The van der Waals surface area contributed by atoms with Crippen molar-refractivity contribution < 1.29 is 8.42 Å². The van der Waals surface area contributed by atoms with Gasteiger partial charge in [-0.2, -0.15) is 4.31 Å². The van der Waals surface area contributed by atoms with Crippen molar-refractivity contribution in [3.63, 3.8) is 0 Å². The second-order valence-corrected chi connectivity index (χ2v) is 7.43. The van der Waals surface area contributed by atoms with E-state index >= 15 is 0 Å². The molecular formula is C15H18N2O3S. The van der Waals surface area contributed by atoms with Gasteiger partial charge < -0.3 is 4.98 Å². The van der Waals surface area contributed by atoms with Gasteiger partial charge in [-0.25, -0.2) is 8.42 Å². The minimum Gasteiger partial charge on any atom is -0.322 e. The smallest absolute Gasteiger partial charge is 0.248 e. The standard InChI is InChI=1S/C15H18N2O3S/c1-11-9-15(18)16-14-6-5-12(10-13(11)14)21(19,20)17-7-3-2-4-8-17/h5-6,9-10H,2-4,7-8H2,1H3,(H,16,18). The average molecular weight is 306 g/mol. The van der Waals surface area contributed by atoms with Gasteiger partial charge in [-0.05, 0) is 43.5 Å². The lowest BCUT2D eigenvalue weighted by Crippen LogP contribution is -2.35. The summed E-state index contributed by atoms with van der Waals surface area (Å²) in [5.74, 6) is 0. The van der Waals surface area contributed by atoms with E-state index in [0.717, 1.165) is 30.2 Å². The highest BCUT2D eigenvalue weighted by Crippen LogP contribution is 2.24. The summed E-state index contributed by atoms with van der Waals surface area (Å²) in [6.45, 7) is 2.99. The lowest BCUT2D eigenvalue weighted by molar-refractivity contribution is 0.346. The fraction of sp³-hybridized carbons (Fsp3) is 0.400. The van der Waals surface area contributed by atoms with Crippen LogP contribution in [0.25, 0.3) is 10.9 Å². The number of aromatic nitrogens is 1. The quantitative estimate of drug-likeness (QED) is 0.922. The number of nitrogens with zero attached hydrogens (tertiary/aromatic N) is 1. The molecule has 1 fully saturated rings. The van der Waals surface area contributed by atoms with Gasteiger partial charge in [0.15, 0.2) is 0 Å². The van der Waals surface area contributed by atoms with E-state index in [9.17, 15) is 13.2 Å². The van der Waals surface area contributed by atoms with Gasteiger partial charge in [0.25, 0.3) is 0 Å². The van der Waals surface area contributed by atoms with E-state index in [4.69, 9.17) is 0 Å². The zero-order valence-electron chi connectivity index (χ0n) is 11.9. The summed E-state index contributed by atoms with van der Waals surface area (Å²) in [5, 5.41) is 0.771. The Balaban J connectivity index is 2.10. The number of aromatic amines is 1. The molecule has 2 heterocycles. The van der Waals surface area contributed by atoms with E-state index in [2.05, 4.69) is 4.98 Å². The predicted molar refractivity (Wildman–Crippen MR) is 81.9 cm³/mol. The van der Waals surface area contributed by atoms with Crippen LogP contribution in [0, 0.1) is 6.92 Å². The maximum absolute atomic E-state index is 12.7. The number of hydrogen-bond acceptors (Lipinski definition) is 3. The average Bonchev–Trinajstić information content (AvgIpc) is 2.47. The molecule has 1 saturated heterocycles. The van der Waals surface area contributed by atoms with E-state index in [1.165, 1.54) is 6.07 Å². The van der Waals surface area contributed by atoms with Gasteiger partial charge in [-0.15, -0.1) is 0 Å². The topological polar surface area (TPSA) is 70.2 Å². The van der Waals surface area contributed by atoms with Gasteiger partial charge in [-0.1, -0.05) is 6.42 Å². The molecule has 0 amide bonds. The molecule has 0 unspecified atom stereocenters. The molecule has 5 nitrogen and oxygen atoms in total. The molecule has 0 atom stereocenters. The Kier molecular flexibility index (Phi) is 3.59. The minimum absolute atomic E-state index is 0.174. The Hall–Kier alpha value is -1.66. The molecule has 1 aromatic carbocycles. The number of piperidine rings is 1. The molecule has 1 aromatic heterocycles. The molecule has 21 heavy (non-hydrogen) atoms. The van der Waals surface area contributed by atoms with Crippen LogP contribution in [0.2, 0.25) is 0 Å². The summed E-state index contributed by atoms with van der Waals surface area (Å²) in [6, 6.07) is 6.38. The SMILES string of the molecule is Cc1cc(=O)[nH]c2ccc(S(=O)(=O)N3CCCCC3)cc12. The molecule has 1 aliphatic rings. The first-order valence-corrected chi connectivity index (χ1v) is 8.56. The van der Waals surface area contributed by atoms with Crippen LogP contribution in [0.3, 0.4) is 0 Å². The molecule has 1 aliphatic heterocycles. The van der Waals surface area contributed by atoms with Gasteiger partial charge in [0.2, 0.25) is 15.6 Å². The molecule has 6 heteroatoms. The van der Waals surface area contributed by atoms with Crippen LogP contribution in [0.1, 0.15) is 24.8 Å². The van der Waals surface area contributed by atoms with Crippen LogP contribution < -0.4 is 5.56 Å². The summed E-state index contributed by atoms with van der Waals surface area (Å²) >= 11 is 0. The van der Waals surface area contributed by atoms with Gasteiger partial charge in [0.05, 0.1) is 4.90 Å². The molecule has 0 radical (unpaired) electrons.